The number of benzene rings is 1. The lowest BCUT2D eigenvalue weighted by molar-refractivity contribution is -0.140. The molecule has 0 bridgehead atoms. The van der Waals surface area contributed by atoms with E-state index in [-0.39, 0.29) is 0 Å². The molecule has 0 saturated carbocycles. The third kappa shape index (κ3) is 4.06. The van der Waals surface area contributed by atoms with Crippen LogP contribution in [0.4, 0.5) is 0 Å². The van der Waals surface area contributed by atoms with Crippen LogP contribution in [0.1, 0.15) is 30.9 Å². The van der Waals surface area contributed by atoms with Gasteiger partial charge >= 0.3 is 5.97 Å². The van der Waals surface area contributed by atoms with E-state index in [1.807, 2.05) is 12.1 Å². The molecule has 0 spiro atoms. The van der Waals surface area contributed by atoms with E-state index in [0.29, 0.717) is 6.42 Å². The minimum absolute atomic E-state index is 0.440. The lowest BCUT2D eigenvalue weighted by Crippen LogP contribution is -2.12. The van der Waals surface area contributed by atoms with Crippen LogP contribution in [0.2, 0.25) is 0 Å². The van der Waals surface area contributed by atoms with Crippen molar-refractivity contribution in [3.63, 3.8) is 0 Å². The Kier molecular flexibility index (Phi) is 5.47. The van der Waals surface area contributed by atoms with Crippen LogP contribution >= 0.6 is 0 Å². The number of hydrogen-bond donors (Lipinski definition) is 1. The summed E-state index contributed by atoms with van der Waals surface area (Å²) in [6.07, 6.45) is 5.12. The van der Waals surface area contributed by atoms with E-state index in [1.54, 1.807) is 0 Å². The first-order valence-corrected chi connectivity index (χ1v) is 6.11. The minimum Gasteiger partial charge on any atom is -0.481 e. The van der Waals surface area contributed by atoms with Gasteiger partial charge in [0.2, 0.25) is 0 Å². The Morgan fingerprint density at radius 3 is 2.41 bits per heavy atom. The molecule has 0 aliphatic rings. The number of aryl methyl sites for hydroxylation is 2. The Morgan fingerprint density at radius 1 is 1.35 bits per heavy atom. The zero-order valence-electron chi connectivity index (χ0n) is 10.4. The number of carboxylic acids is 1. The first-order valence-electron chi connectivity index (χ1n) is 6.11. The monoisotopic (exact) mass is 232 g/mol. The van der Waals surface area contributed by atoms with Crippen molar-refractivity contribution in [1.29, 1.82) is 0 Å². The van der Waals surface area contributed by atoms with Crippen molar-refractivity contribution in [2.24, 2.45) is 5.92 Å². The molecule has 0 aromatic heterocycles. The summed E-state index contributed by atoms with van der Waals surface area (Å²) in [4.78, 5) is 10.9. The third-order valence-corrected chi connectivity index (χ3v) is 2.96. The highest BCUT2D eigenvalue weighted by molar-refractivity contribution is 5.71. The summed E-state index contributed by atoms with van der Waals surface area (Å²) in [5.74, 6) is -1.22. The second-order valence-corrected chi connectivity index (χ2v) is 4.24. The van der Waals surface area contributed by atoms with Crippen molar-refractivity contribution in [3.05, 3.63) is 48.0 Å². The fourth-order valence-corrected chi connectivity index (χ4v) is 1.97. The molecule has 1 N–H and O–H groups in total. The summed E-state index contributed by atoms with van der Waals surface area (Å²) in [6, 6.07) is 8.27. The van der Waals surface area contributed by atoms with E-state index in [0.717, 1.165) is 19.3 Å². The summed E-state index contributed by atoms with van der Waals surface area (Å²) in [5.41, 5.74) is 2.60. The lowest BCUT2D eigenvalue weighted by Gasteiger charge is -2.10. The smallest absolute Gasteiger partial charge is 0.310 e. The van der Waals surface area contributed by atoms with Crippen molar-refractivity contribution < 1.29 is 9.90 Å². The van der Waals surface area contributed by atoms with Gasteiger partial charge in [-0.3, -0.25) is 4.79 Å². The molecule has 1 unspecified atom stereocenters. The average Bonchev–Trinajstić information content (AvgIpc) is 2.32. The lowest BCUT2D eigenvalue weighted by atomic mass is 9.95. The molecule has 0 radical (unpaired) electrons. The van der Waals surface area contributed by atoms with Gasteiger partial charge in [0.15, 0.2) is 0 Å². The van der Waals surface area contributed by atoms with E-state index in [9.17, 15) is 4.79 Å². The van der Waals surface area contributed by atoms with Crippen molar-refractivity contribution in [1.82, 2.24) is 0 Å². The van der Waals surface area contributed by atoms with E-state index in [4.69, 9.17) is 5.11 Å². The molecule has 0 heterocycles. The van der Waals surface area contributed by atoms with Gasteiger partial charge in [0.05, 0.1) is 5.92 Å². The maximum atomic E-state index is 10.9. The topological polar surface area (TPSA) is 37.3 Å². The molecule has 2 nitrogen and oxygen atoms in total. The zero-order valence-corrected chi connectivity index (χ0v) is 10.4. The normalized spacial score (nSPS) is 12.1. The van der Waals surface area contributed by atoms with E-state index in [1.165, 1.54) is 17.2 Å². The number of carboxylic acid groups (broad SMARTS) is 1. The summed E-state index contributed by atoms with van der Waals surface area (Å²) >= 11 is 0. The van der Waals surface area contributed by atoms with Crippen molar-refractivity contribution >= 4 is 5.97 Å². The van der Waals surface area contributed by atoms with Crippen molar-refractivity contribution in [2.45, 2.75) is 32.6 Å². The van der Waals surface area contributed by atoms with Crippen LogP contribution in [-0.2, 0) is 17.6 Å². The number of carbonyl (C=O) groups is 1. The SMILES string of the molecule is C=CC(CCc1ccccc1CCC)C(=O)O. The number of hydrogen-bond acceptors (Lipinski definition) is 1. The first kappa shape index (κ1) is 13.5. The van der Waals surface area contributed by atoms with Crippen LogP contribution in [0.3, 0.4) is 0 Å². The Labute approximate surface area is 103 Å². The Hall–Kier alpha value is -1.57. The van der Waals surface area contributed by atoms with Gasteiger partial charge < -0.3 is 5.11 Å². The number of aliphatic carboxylic acids is 1. The predicted octanol–water partition coefficient (Wildman–Crippen LogP) is 3.46. The summed E-state index contributed by atoms with van der Waals surface area (Å²) in [5, 5.41) is 8.95. The van der Waals surface area contributed by atoms with Crippen molar-refractivity contribution in [3.8, 4) is 0 Å². The fraction of sp³-hybridized carbons (Fsp3) is 0.400. The summed E-state index contributed by atoms with van der Waals surface area (Å²) < 4.78 is 0. The van der Waals surface area contributed by atoms with Crippen LogP contribution in [-0.4, -0.2) is 11.1 Å². The van der Waals surface area contributed by atoms with Gasteiger partial charge in [-0.25, -0.2) is 0 Å². The molecular weight excluding hydrogens is 212 g/mol. The highest BCUT2D eigenvalue weighted by atomic mass is 16.4. The second kappa shape index (κ2) is 6.89. The van der Waals surface area contributed by atoms with Gasteiger partial charge in [0.1, 0.15) is 0 Å². The van der Waals surface area contributed by atoms with Gasteiger partial charge in [0.25, 0.3) is 0 Å². The van der Waals surface area contributed by atoms with Crippen LogP contribution < -0.4 is 0 Å². The first-order chi connectivity index (χ1) is 8.19. The molecule has 92 valence electrons. The van der Waals surface area contributed by atoms with E-state index < -0.39 is 11.9 Å². The quantitative estimate of drug-likeness (QED) is 0.731. The van der Waals surface area contributed by atoms with Gasteiger partial charge in [-0.05, 0) is 30.4 Å². The average molecular weight is 232 g/mol. The summed E-state index contributed by atoms with van der Waals surface area (Å²) in [7, 11) is 0. The van der Waals surface area contributed by atoms with Gasteiger partial charge in [0, 0.05) is 0 Å². The molecule has 0 aliphatic carbocycles. The number of rotatable bonds is 7. The molecule has 1 aromatic carbocycles. The molecule has 0 aliphatic heterocycles. The van der Waals surface area contributed by atoms with E-state index in [2.05, 4.69) is 25.6 Å². The molecular formula is C15H20O2. The van der Waals surface area contributed by atoms with Gasteiger partial charge in [-0.15, -0.1) is 6.58 Å². The fourth-order valence-electron chi connectivity index (χ4n) is 1.97. The largest absolute Gasteiger partial charge is 0.481 e. The molecule has 0 fully saturated rings. The van der Waals surface area contributed by atoms with Crippen molar-refractivity contribution in [2.75, 3.05) is 0 Å². The molecule has 17 heavy (non-hydrogen) atoms. The Morgan fingerprint density at radius 2 is 1.94 bits per heavy atom. The summed E-state index contributed by atoms with van der Waals surface area (Å²) in [6.45, 7) is 5.73. The Balaban J connectivity index is 2.67. The minimum atomic E-state index is -0.784. The van der Waals surface area contributed by atoms with Gasteiger partial charge in [-0.2, -0.15) is 0 Å². The second-order valence-electron chi connectivity index (χ2n) is 4.24. The highest BCUT2D eigenvalue weighted by Crippen LogP contribution is 2.16. The standard InChI is InChI=1S/C15H20O2/c1-3-7-13-8-5-6-9-14(13)11-10-12(4-2)15(16)17/h4-6,8-9,12H,2-3,7,10-11H2,1H3,(H,16,17). The molecule has 0 saturated heterocycles. The molecule has 1 rings (SSSR count). The highest BCUT2D eigenvalue weighted by Gasteiger charge is 2.13. The molecule has 1 aromatic rings. The molecule has 2 heteroatoms. The Bertz CT molecular complexity index is 382. The molecule has 1 atom stereocenters. The van der Waals surface area contributed by atoms with Gasteiger partial charge in [-0.1, -0.05) is 43.7 Å². The van der Waals surface area contributed by atoms with Crippen LogP contribution in [0.15, 0.2) is 36.9 Å². The van der Waals surface area contributed by atoms with Crippen LogP contribution in [0, 0.1) is 5.92 Å². The van der Waals surface area contributed by atoms with Crippen LogP contribution in [0.5, 0.6) is 0 Å². The zero-order chi connectivity index (χ0) is 12.7. The predicted molar refractivity (Wildman–Crippen MR) is 70.1 cm³/mol. The maximum absolute atomic E-state index is 10.9. The maximum Gasteiger partial charge on any atom is 0.310 e. The third-order valence-electron chi connectivity index (χ3n) is 2.96. The molecule has 0 amide bonds. The van der Waals surface area contributed by atoms with E-state index >= 15 is 0 Å². The van der Waals surface area contributed by atoms with Crippen LogP contribution in [0.25, 0.3) is 0 Å².